The van der Waals surface area contributed by atoms with Crippen molar-refractivity contribution in [3.63, 3.8) is 0 Å². The average Bonchev–Trinajstić information content (AvgIpc) is 2.34. The number of nitrogen functional groups attached to an aromatic ring is 1. The van der Waals surface area contributed by atoms with E-state index in [2.05, 4.69) is 36.6 Å². The van der Waals surface area contributed by atoms with Crippen LogP contribution in [0.25, 0.3) is 0 Å². The van der Waals surface area contributed by atoms with Gasteiger partial charge < -0.3 is 5.73 Å². The van der Waals surface area contributed by atoms with Crippen molar-refractivity contribution in [1.29, 1.82) is 0 Å². The van der Waals surface area contributed by atoms with Crippen LogP contribution in [0.1, 0.15) is 5.56 Å². The van der Waals surface area contributed by atoms with Gasteiger partial charge in [-0.25, -0.2) is 8.42 Å². The van der Waals surface area contributed by atoms with Crippen LogP contribution in [-0.2, 0) is 10.0 Å². The van der Waals surface area contributed by atoms with Gasteiger partial charge in [0, 0.05) is 8.95 Å². The van der Waals surface area contributed by atoms with E-state index >= 15 is 0 Å². The van der Waals surface area contributed by atoms with E-state index in [1.54, 1.807) is 24.3 Å². The highest BCUT2D eigenvalue weighted by Crippen LogP contribution is 2.30. The number of halogens is 2. The van der Waals surface area contributed by atoms with E-state index < -0.39 is 10.0 Å². The summed E-state index contributed by atoms with van der Waals surface area (Å²) in [6.07, 6.45) is 0. The Morgan fingerprint density at radius 2 is 1.85 bits per heavy atom. The van der Waals surface area contributed by atoms with Crippen LogP contribution in [0.2, 0.25) is 0 Å². The lowest BCUT2D eigenvalue weighted by atomic mass is 10.2. The first-order valence-electron chi connectivity index (χ1n) is 5.64. The Bertz CT molecular complexity index is 761. The molecule has 0 radical (unpaired) electrons. The highest BCUT2D eigenvalue weighted by Gasteiger charge is 2.19. The third-order valence-electron chi connectivity index (χ3n) is 2.70. The van der Waals surface area contributed by atoms with Gasteiger partial charge in [0.25, 0.3) is 10.0 Å². The number of rotatable bonds is 3. The lowest BCUT2D eigenvalue weighted by Crippen LogP contribution is -2.15. The van der Waals surface area contributed by atoms with Crippen LogP contribution in [0.4, 0.5) is 11.4 Å². The summed E-state index contributed by atoms with van der Waals surface area (Å²) in [7, 11) is -3.73. The minimum absolute atomic E-state index is 0.0501. The van der Waals surface area contributed by atoms with E-state index in [1.807, 2.05) is 13.0 Å². The van der Waals surface area contributed by atoms with Gasteiger partial charge in [0.1, 0.15) is 4.90 Å². The summed E-state index contributed by atoms with van der Waals surface area (Å²) in [6.45, 7) is 1.88. The Labute approximate surface area is 134 Å². The molecule has 0 atom stereocenters. The number of anilines is 2. The van der Waals surface area contributed by atoms with Crippen molar-refractivity contribution in [2.45, 2.75) is 11.8 Å². The van der Waals surface area contributed by atoms with Gasteiger partial charge in [0.15, 0.2) is 0 Å². The molecule has 0 heterocycles. The first-order chi connectivity index (χ1) is 9.31. The molecule has 20 heavy (non-hydrogen) atoms. The second-order valence-electron chi connectivity index (χ2n) is 4.22. The third-order valence-corrected chi connectivity index (χ3v) is 5.68. The Morgan fingerprint density at radius 1 is 1.15 bits per heavy atom. The Hall–Kier alpha value is -1.05. The molecule has 2 rings (SSSR count). The standard InChI is InChI=1S/C13H12Br2N2O2S/c1-8-3-2-4-11(13(8)15)17-20(18,19)12-6-5-9(14)7-10(12)16/h2-7,17H,16H2,1H3. The van der Waals surface area contributed by atoms with Crippen molar-refractivity contribution in [3.05, 3.63) is 50.9 Å². The molecule has 7 heteroatoms. The molecule has 0 aliphatic heterocycles. The Balaban J connectivity index is 2.44. The van der Waals surface area contributed by atoms with E-state index in [9.17, 15) is 8.42 Å². The highest BCUT2D eigenvalue weighted by atomic mass is 79.9. The number of nitrogens with two attached hydrogens (primary N) is 1. The van der Waals surface area contributed by atoms with Gasteiger partial charge >= 0.3 is 0 Å². The maximum atomic E-state index is 12.4. The quantitative estimate of drug-likeness (QED) is 0.741. The van der Waals surface area contributed by atoms with Gasteiger partial charge in [-0.15, -0.1) is 0 Å². The van der Waals surface area contributed by atoms with E-state index in [0.717, 1.165) is 10.0 Å². The first kappa shape index (κ1) is 15.3. The zero-order valence-electron chi connectivity index (χ0n) is 10.5. The molecule has 0 bridgehead atoms. The Morgan fingerprint density at radius 3 is 2.50 bits per heavy atom. The summed E-state index contributed by atoms with van der Waals surface area (Å²) < 4.78 is 28.7. The number of hydrogen-bond acceptors (Lipinski definition) is 3. The zero-order valence-corrected chi connectivity index (χ0v) is 14.5. The maximum absolute atomic E-state index is 12.4. The molecule has 0 unspecified atom stereocenters. The molecule has 0 aliphatic carbocycles. The summed E-state index contributed by atoms with van der Waals surface area (Å²) in [4.78, 5) is 0.0501. The smallest absolute Gasteiger partial charge is 0.263 e. The number of nitrogens with one attached hydrogen (secondary N) is 1. The van der Waals surface area contributed by atoms with Crippen LogP contribution in [0, 0.1) is 6.92 Å². The zero-order chi connectivity index (χ0) is 14.9. The molecule has 2 aromatic carbocycles. The van der Waals surface area contributed by atoms with E-state index in [4.69, 9.17) is 5.73 Å². The van der Waals surface area contributed by atoms with Crippen LogP contribution >= 0.6 is 31.9 Å². The molecule has 0 amide bonds. The van der Waals surface area contributed by atoms with Crippen LogP contribution in [0.15, 0.2) is 50.2 Å². The fourth-order valence-corrected chi connectivity index (χ4v) is 3.75. The third kappa shape index (κ3) is 3.16. The summed E-state index contributed by atoms with van der Waals surface area (Å²) in [5.41, 5.74) is 7.38. The molecule has 0 saturated heterocycles. The lowest BCUT2D eigenvalue weighted by molar-refractivity contribution is 0.601. The van der Waals surface area contributed by atoms with Crippen molar-refractivity contribution in [2.75, 3.05) is 10.5 Å². The molecule has 4 nitrogen and oxygen atoms in total. The van der Waals surface area contributed by atoms with Crippen molar-refractivity contribution < 1.29 is 8.42 Å². The number of sulfonamides is 1. The predicted molar refractivity (Wildman–Crippen MR) is 88.2 cm³/mol. The van der Waals surface area contributed by atoms with Crippen LogP contribution in [0.5, 0.6) is 0 Å². The number of aryl methyl sites for hydroxylation is 1. The molecule has 0 spiro atoms. The monoisotopic (exact) mass is 418 g/mol. The second kappa shape index (κ2) is 5.75. The maximum Gasteiger partial charge on any atom is 0.263 e. The van der Waals surface area contributed by atoms with Crippen LogP contribution < -0.4 is 10.5 Å². The molecule has 0 aromatic heterocycles. The minimum Gasteiger partial charge on any atom is -0.398 e. The van der Waals surface area contributed by atoms with Crippen molar-refractivity contribution in [3.8, 4) is 0 Å². The SMILES string of the molecule is Cc1cccc(NS(=O)(=O)c2ccc(Br)cc2N)c1Br. The van der Waals surface area contributed by atoms with Gasteiger partial charge in [-0.2, -0.15) is 0 Å². The average molecular weight is 420 g/mol. The molecule has 0 saturated carbocycles. The van der Waals surface area contributed by atoms with E-state index in [-0.39, 0.29) is 10.6 Å². The molecule has 2 aromatic rings. The van der Waals surface area contributed by atoms with Gasteiger partial charge in [-0.3, -0.25) is 4.72 Å². The largest absolute Gasteiger partial charge is 0.398 e. The van der Waals surface area contributed by atoms with Crippen molar-refractivity contribution in [2.24, 2.45) is 0 Å². The topological polar surface area (TPSA) is 72.2 Å². The lowest BCUT2D eigenvalue weighted by Gasteiger charge is -2.12. The van der Waals surface area contributed by atoms with E-state index in [0.29, 0.717) is 10.2 Å². The summed E-state index contributed by atoms with van der Waals surface area (Å²) in [5, 5.41) is 0. The first-order valence-corrected chi connectivity index (χ1v) is 8.71. The second-order valence-corrected chi connectivity index (χ2v) is 7.58. The molecule has 106 valence electrons. The molecule has 0 fully saturated rings. The molecular weight excluding hydrogens is 408 g/mol. The molecular formula is C13H12Br2N2O2S. The van der Waals surface area contributed by atoms with Crippen molar-refractivity contribution >= 4 is 53.3 Å². The van der Waals surface area contributed by atoms with Crippen molar-refractivity contribution in [1.82, 2.24) is 0 Å². The summed E-state index contributed by atoms with van der Waals surface area (Å²) in [5.74, 6) is 0. The predicted octanol–water partition coefficient (Wildman–Crippen LogP) is 3.90. The van der Waals surface area contributed by atoms with Gasteiger partial charge in [0.05, 0.1) is 11.4 Å². The summed E-state index contributed by atoms with van der Waals surface area (Å²) >= 11 is 6.62. The molecule has 0 aliphatic rings. The van der Waals surface area contributed by atoms with Gasteiger partial charge in [-0.05, 0) is 52.7 Å². The summed E-state index contributed by atoms with van der Waals surface area (Å²) in [6, 6.07) is 10.0. The van der Waals surface area contributed by atoms with Gasteiger partial charge in [0.2, 0.25) is 0 Å². The highest BCUT2D eigenvalue weighted by molar-refractivity contribution is 9.11. The Kier molecular flexibility index (Phi) is 4.41. The fourth-order valence-electron chi connectivity index (χ4n) is 1.69. The normalized spacial score (nSPS) is 11.3. The van der Waals surface area contributed by atoms with Crippen LogP contribution in [0.3, 0.4) is 0 Å². The fraction of sp³-hybridized carbons (Fsp3) is 0.0769. The number of hydrogen-bond donors (Lipinski definition) is 2. The number of benzene rings is 2. The minimum atomic E-state index is -3.73. The van der Waals surface area contributed by atoms with Crippen LogP contribution in [-0.4, -0.2) is 8.42 Å². The van der Waals surface area contributed by atoms with E-state index in [1.165, 1.54) is 6.07 Å². The van der Waals surface area contributed by atoms with Gasteiger partial charge in [-0.1, -0.05) is 28.1 Å². The molecule has 3 N–H and O–H groups in total.